The van der Waals surface area contributed by atoms with E-state index in [0.717, 1.165) is 25.7 Å². The van der Waals surface area contributed by atoms with Crippen molar-refractivity contribution < 1.29 is 14.0 Å². The molecule has 4 heteroatoms. The SMILES string of the molecule is C=CC[C@@H](CCCC(=O)CC[C@H](C)COCc1ccccc1)O[Si](C(C)C)(C(C)C)C(C)C. The molecule has 33 heavy (non-hydrogen) atoms. The quantitative estimate of drug-likeness (QED) is 0.158. The summed E-state index contributed by atoms with van der Waals surface area (Å²) in [6, 6.07) is 10.2. The zero-order valence-corrected chi connectivity index (χ0v) is 23.4. The number of ketones is 1. The first kappa shape index (κ1) is 29.8. The fourth-order valence-electron chi connectivity index (χ4n) is 5.20. The average Bonchev–Trinajstić information content (AvgIpc) is 2.76. The van der Waals surface area contributed by atoms with Gasteiger partial charge < -0.3 is 9.16 Å². The zero-order valence-electron chi connectivity index (χ0n) is 22.4. The molecule has 1 aromatic rings. The van der Waals surface area contributed by atoms with Crippen molar-refractivity contribution in [2.75, 3.05) is 6.61 Å². The molecule has 0 saturated carbocycles. The van der Waals surface area contributed by atoms with Crippen molar-refractivity contribution in [2.24, 2.45) is 5.92 Å². The highest BCUT2D eigenvalue weighted by Crippen LogP contribution is 2.43. The van der Waals surface area contributed by atoms with Crippen molar-refractivity contribution in [3.63, 3.8) is 0 Å². The third kappa shape index (κ3) is 10.3. The van der Waals surface area contributed by atoms with Gasteiger partial charge in [-0.15, -0.1) is 6.58 Å². The Labute approximate surface area is 205 Å². The van der Waals surface area contributed by atoms with E-state index in [9.17, 15) is 4.79 Å². The maximum Gasteiger partial charge on any atom is 0.200 e. The first-order chi connectivity index (χ1) is 15.6. The summed E-state index contributed by atoms with van der Waals surface area (Å²) < 4.78 is 12.8. The lowest BCUT2D eigenvalue weighted by atomic mass is 10.0. The van der Waals surface area contributed by atoms with Gasteiger partial charge in [-0.1, -0.05) is 84.9 Å². The summed E-state index contributed by atoms with van der Waals surface area (Å²) in [5.74, 6) is 0.756. The van der Waals surface area contributed by atoms with Gasteiger partial charge in [-0.2, -0.15) is 0 Å². The third-order valence-corrected chi connectivity index (χ3v) is 13.1. The van der Waals surface area contributed by atoms with Crippen molar-refractivity contribution >= 4 is 14.1 Å². The second-order valence-electron chi connectivity index (χ2n) is 10.7. The smallest absolute Gasteiger partial charge is 0.200 e. The molecule has 0 aliphatic carbocycles. The molecule has 0 heterocycles. The van der Waals surface area contributed by atoms with Crippen LogP contribution in [0.5, 0.6) is 0 Å². The van der Waals surface area contributed by atoms with Crippen molar-refractivity contribution in [3.05, 3.63) is 48.6 Å². The lowest BCUT2D eigenvalue weighted by molar-refractivity contribution is -0.119. The number of hydrogen-bond acceptors (Lipinski definition) is 3. The van der Waals surface area contributed by atoms with Crippen LogP contribution in [-0.2, 0) is 20.6 Å². The van der Waals surface area contributed by atoms with E-state index in [2.05, 4.69) is 67.2 Å². The highest BCUT2D eigenvalue weighted by molar-refractivity contribution is 6.77. The summed E-state index contributed by atoms with van der Waals surface area (Å²) in [5, 5.41) is 0. The Morgan fingerprint density at radius 1 is 0.939 bits per heavy atom. The highest BCUT2D eigenvalue weighted by Gasteiger charge is 2.46. The Morgan fingerprint density at radius 3 is 2.09 bits per heavy atom. The molecule has 0 N–H and O–H groups in total. The minimum Gasteiger partial charge on any atom is -0.413 e. The van der Waals surface area contributed by atoms with E-state index in [4.69, 9.17) is 9.16 Å². The van der Waals surface area contributed by atoms with Crippen LogP contribution in [0.3, 0.4) is 0 Å². The summed E-state index contributed by atoms with van der Waals surface area (Å²) in [6.45, 7) is 21.4. The van der Waals surface area contributed by atoms with Gasteiger partial charge in [-0.05, 0) is 53.8 Å². The molecule has 0 aromatic heterocycles. The molecule has 0 radical (unpaired) electrons. The summed E-state index contributed by atoms with van der Waals surface area (Å²) in [5.41, 5.74) is 2.89. The van der Waals surface area contributed by atoms with Gasteiger partial charge >= 0.3 is 0 Å². The highest BCUT2D eigenvalue weighted by atomic mass is 28.4. The average molecular weight is 475 g/mol. The van der Waals surface area contributed by atoms with Crippen LogP contribution in [0, 0.1) is 5.92 Å². The van der Waals surface area contributed by atoms with Gasteiger partial charge in [0.05, 0.1) is 6.61 Å². The van der Waals surface area contributed by atoms with Gasteiger partial charge in [0.1, 0.15) is 5.78 Å². The number of carbonyl (C=O) groups excluding carboxylic acids is 1. The maximum absolute atomic E-state index is 12.5. The van der Waals surface area contributed by atoms with E-state index in [-0.39, 0.29) is 6.10 Å². The molecule has 0 fully saturated rings. The number of Topliss-reactive ketones (excluding diaryl/α,β-unsaturated/α-hetero) is 1. The zero-order chi connectivity index (χ0) is 24.9. The van der Waals surface area contributed by atoms with E-state index in [1.165, 1.54) is 5.56 Å². The molecular formula is C29H50O3Si. The van der Waals surface area contributed by atoms with Crippen LogP contribution in [0.2, 0.25) is 16.6 Å². The van der Waals surface area contributed by atoms with Gasteiger partial charge in [0.25, 0.3) is 0 Å². The van der Waals surface area contributed by atoms with Gasteiger partial charge in [-0.25, -0.2) is 0 Å². The van der Waals surface area contributed by atoms with Crippen LogP contribution in [0.4, 0.5) is 0 Å². The molecule has 0 bridgehead atoms. The van der Waals surface area contributed by atoms with Crippen LogP contribution < -0.4 is 0 Å². The molecule has 1 aromatic carbocycles. The molecule has 0 amide bonds. The van der Waals surface area contributed by atoms with Crippen LogP contribution >= 0.6 is 0 Å². The van der Waals surface area contributed by atoms with Gasteiger partial charge in [0.2, 0.25) is 8.32 Å². The second-order valence-corrected chi connectivity index (χ2v) is 16.1. The van der Waals surface area contributed by atoms with Crippen LogP contribution in [0.1, 0.15) is 92.6 Å². The standard InChI is InChI=1S/C29H50O3Si/c1-9-14-29(32-33(23(2)3,24(4)5)25(6)7)18-13-17-28(30)20-19-26(8)21-31-22-27-15-11-10-12-16-27/h9-12,15-16,23-26,29H,1,13-14,17-22H2,2-8H3/t26-,29-/m0/s1. The normalized spacial score (nSPS) is 14.1. The Kier molecular flexibility index (Phi) is 14.1. The van der Waals surface area contributed by atoms with Crippen molar-refractivity contribution in [1.29, 1.82) is 0 Å². The van der Waals surface area contributed by atoms with Gasteiger partial charge in [0.15, 0.2) is 0 Å². The molecular weight excluding hydrogens is 424 g/mol. The van der Waals surface area contributed by atoms with E-state index in [1.807, 2.05) is 24.3 Å². The van der Waals surface area contributed by atoms with Crippen molar-refractivity contribution in [2.45, 2.75) is 116 Å². The van der Waals surface area contributed by atoms with E-state index >= 15 is 0 Å². The van der Waals surface area contributed by atoms with Crippen LogP contribution in [-0.4, -0.2) is 26.8 Å². The molecule has 1 rings (SSSR count). The van der Waals surface area contributed by atoms with E-state index in [0.29, 0.717) is 54.4 Å². The number of ether oxygens (including phenoxy) is 1. The summed E-state index contributed by atoms with van der Waals surface area (Å²) in [4.78, 5) is 12.5. The summed E-state index contributed by atoms with van der Waals surface area (Å²) in [6.07, 6.45) is 7.04. The topological polar surface area (TPSA) is 35.5 Å². The molecule has 0 spiro atoms. The minimum atomic E-state index is -1.92. The molecule has 0 saturated heterocycles. The lowest BCUT2D eigenvalue weighted by Gasteiger charge is -2.44. The third-order valence-electron chi connectivity index (χ3n) is 6.92. The number of carbonyl (C=O) groups is 1. The molecule has 3 nitrogen and oxygen atoms in total. The summed E-state index contributed by atoms with van der Waals surface area (Å²) >= 11 is 0. The number of rotatable bonds is 18. The Bertz CT molecular complexity index is 647. The van der Waals surface area contributed by atoms with E-state index in [1.54, 1.807) is 0 Å². The molecule has 0 aliphatic rings. The predicted molar refractivity (Wildman–Crippen MR) is 144 cm³/mol. The maximum atomic E-state index is 12.5. The van der Waals surface area contributed by atoms with Crippen LogP contribution in [0.15, 0.2) is 43.0 Å². The minimum absolute atomic E-state index is 0.180. The van der Waals surface area contributed by atoms with E-state index < -0.39 is 8.32 Å². The van der Waals surface area contributed by atoms with Gasteiger partial charge in [-0.3, -0.25) is 4.79 Å². The first-order valence-electron chi connectivity index (χ1n) is 13.0. The van der Waals surface area contributed by atoms with Crippen molar-refractivity contribution in [1.82, 2.24) is 0 Å². The predicted octanol–water partition coefficient (Wildman–Crippen LogP) is 8.50. The number of hydrogen-bond donors (Lipinski definition) is 0. The Balaban J connectivity index is 2.41. The fourth-order valence-corrected chi connectivity index (χ4v) is 10.8. The van der Waals surface area contributed by atoms with Crippen LogP contribution in [0.25, 0.3) is 0 Å². The lowest BCUT2D eigenvalue weighted by Crippen LogP contribution is -2.50. The first-order valence-corrected chi connectivity index (χ1v) is 15.2. The monoisotopic (exact) mass is 474 g/mol. The number of benzene rings is 1. The Hall–Kier alpha value is -1.23. The van der Waals surface area contributed by atoms with Gasteiger partial charge in [0, 0.05) is 25.6 Å². The van der Waals surface area contributed by atoms with Crippen molar-refractivity contribution in [3.8, 4) is 0 Å². The molecule has 188 valence electrons. The Morgan fingerprint density at radius 2 is 1.55 bits per heavy atom. The summed E-state index contributed by atoms with van der Waals surface area (Å²) in [7, 11) is -1.92. The largest absolute Gasteiger partial charge is 0.413 e. The fraction of sp³-hybridized carbons (Fsp3) is 0.690. The molecule has 0 unspecified atom stereocenters. The molecule has 2 atom stereocenters. The second kappa shape index (κ2) is 15.6. The molecule has 0 aliphatic heterocycles.